The second-order valence-corrected chi connectivity index (χ2v) is 5.24. The summed E-state index contributed by atoms with van der Waals surface area (Å²) in [4.78, 5) is 40.0. The maximum absolute atomic E-state index is 11.9. The summed E-state index contributed by atoms with van der Waals surface area (Å²) < 4.78 is 9.34. The zero-order chi connectivity index (χ0) is 18.3. The molecule has 1 amide bonds. The lowest BCUT2D eigenvalue weighted by atomic mass is 10.0. The number of rotatable bonds is 5. The minimum Gasteiger partial charge on any atom is -0.424 e. The molecule has 0 spiro atoms. The Bertz CT molecular complexity index is 652. The summed E-state index contributed by atoms with van der Waals surface area (Å²) in [5.41, 5.74) is 1.87. The molecule has 0 radical (unpaired) electrons. The lowest BCUT2D eigenvalue weighted by Gasteiger charge is -2.09. The van der Waals surface area contributed by atoms with Crippen LogP contribution in [0.3, 0.4) is 0 Å². The lowest BCUT2D eigenvalue weighted by molar-refractivity contribution is -0.121. The summed E-state index contributed by atoms with van der Waals surface area (Å²) in [6.07, 6.45) is -1.27. The summed E-state index contributed by atoms with van der Waals surface area (Å²) in [5.74, 6) is -1.28. The van der Waals surface area contributed by atoms with Gasteiger partial charge in [-0.05, 0) is 25.0 Å². The molecule has 0 aliphatic carbocycles. The minimum atomic E-state index is -1.27. The number of aryl methyl sites for hydroxylation is 2. The molecule has 0 heterocycles. The molecule has 1 aromatic carbocycles. The average molecular weight is 357 g/mol. The molecular weight excluding hydrogens is 340 g/mol. The van der Waals surface area contributed by atoms with Gasteiger partial charge in [-0.2, -0.15) is 0 Å². The van der Waals surface area contributed by atoms with Gasteiger partial charge in [-0.1, -0.05) is 35.0 Å². The zero-order valence-corrected chi connectivity index (χ0v) is 14.4. The fraction of sp³-hybridized carbons (Fsp3) is 0.333. The van der Waals surface area contributed by atoms with E-state index in [4.69, 9.17) is 16.3 Å². The molecule has 0 atom stereocenters. The molecule has 0 aromatic heterocycles. The molecule has 9 heteroatoms. The molecule has 0 N–H and O–H groups in total. The van der Waals surface area contributed by atoms with Crippen LogP contribution in [0.25, 0.3) is 0 Å². The highest BCUT2D eigenvalue weighted by Gasteiger charge is 2.16. The number of amides is 1. The van der Waals surface area contributed by atoms with Crippen LogP contribution in [0.4, 0.5) is 4.79 Å². The molecule has 1 rings (SSSR count). The number of carbonyl (C=O) groups is 3. The van der Waals surface area contributed by atoms with Gasteiger partial charge in [-0.15, -0.1) is 0 Å². The number of oxime groups is 1. The first-order valence-electron chi connectivity index (χ1n) is 6.76. The minimum absolute atomic E-state index is 0.395. The maximum atomic E-state index is 11.9. The van der Waals surface area contributed by atoms with Gasteiger partial charge < -0.3 is 14.4 Å². The Morgan fingerprint density at radius 3 is 2.25 bits per heavy atom. The number of carbonyl (C=O) groups excluding carboxylic acids is 3. The molecule has 0 unspecified atom stereocenters. The number of benzene rings is 1. The SMILES string of the molecule is Cc1cccc(C)c1C(=O)OCOC(=O)ON=C(Cl)C(=O)N(C)C. The van der Waals surface area contributed by atoms with E-state index in [2.05, 4.69) is 14.7 Å². The van der Waals surface area contributed by atoms with Crippen LogP contribution in [0.1, 0.15) is 21.5 Å². The Hall–Kier alpha value is -2.61. The van der Waals surface area contributed by atoms with E-state index in [1.807, 2.05) is 6.07 Å². The van der Waals surface area contributed by atoms with Crippen molar-refractivity contribution in [3.05, 3.63) is 34.9 Å². The summed E-state index contributed by atoms with van der Waals surface area (Å²) in [7, 11) is 2.90. The summed E-state index contributed by atoms with van der Waals surface area (Å²) >= 11 is 5.51. The van der Waals surface area contributed by atoms with Gasteiger partial charge in [0, 0.05) is 14.1 Å². The molecule has 0 saturated carbocycles. The van der Waals surface area contributed by atoms with Crippen LogP contribution in [0.5, 0.6) is 0 Å². The van der Waals surface area contributed by atoms with E-state index < -0.39 is 30.0 Å². The quantitative estimate of drug-likeness (QED) is 0.264. The van der Waals surface area contributed by atoms with Gasteiger partial charge in [0.2, 0.25) is 12.0 Å². The van der Waals surface area contributed by atoms with Crippen molar-refractivity contribution in [2.75, 3.05) is 20.9 Å². The third-order valence-corrected chi connectivity index (χ3v) is 3.07. The second-order valence-electron chi connectivity index (χ2n) is 4.88. The lowest BCUT2D eigenvalue weighted by Crippen LogP contribution is -2.27. The average Bonchev–Trinajstić information content (AvgIpc) is 2.51. The monoisotopic (exact) mass is 356 g/mol. The second kappa shape index (κ2) is 8.88. The van der Waals surface area contributed by atoms with Crippen LogP contribution >= 0.6 is 11.6 Å². The molecule has 8 nitrogen and oxygen atoms in total. The Balaban J connectivity index is 2.47. The zero-order valence-electron chi connectivity index (χ0n) is 13.7. The fourth-order valence-corrected chi connectivity index (χ4v) is 1.87. The predicted molar refractivity (Wildman–Crippen MR) is 85.7 cm³/mol. The van der Waals surface area contributed by atoms with Gasteiger partial charge >= 0.3 is 12.1 Å². The van der Waals surface area contributed by atoms with E-state index in [0.29, 0.717) is 5.56 Å². The van der Waals surface area contributed by atoms with Crippen molar-refractivity contribution in [2.45, 2.75) is 13.8 Å². The van der Waals surface area contributed by atoms with Gasteiger partial charge in [0.05, 0.1) is 5.56 Å². The molecule has 0 aliphatic heterocycles. The molecule has 24 heavy (non-hydrogen) atoms. The Labute approximate surface area is 143 Å². The van der Waals surface area contributed by atoms with Crippen LogP contribution in [0.2, 0.25) is 0 Å². The third kappa shape index (κ3) is 5.54. The van der Waals surface area contributed by atoms with E-state index in [0.717, 1.165) is 16.0 Å². The molecular formula is C15H17ClN2O6. The van der Waals surface area contributed by atoms with Gasteiger partial charge in [0.25, 0.3) is 5.91 Å². The first-order valence-corrected chi connectivity index (χ1v) is 7.14. The predicted octanol–water partition coefficient (Wildman–Crippen LogP) is 2.21. The molecule has 0 saturated heterocycles. The van der Waals surface area contributed by atoms with Crippen molar-refractivity contribution in [3.63, 3.8) is 0 Å². The molecule has 1 aromatic rings. The van der Waals surface area contributed by atoms with Crippen molar-refractivity contribution in [1.29, 1.82) is 0 Å². The maximum Gasteiger partial charge on any atom is 0.538 e. The highest BCUT2D eigenvalue weighted by Crippen LogP contribution is 2.14. The summed E-state index contributed by atoms with van der Waals surface area (Å²) in [5, 5.41) is 2.55. The van der Waals surface area contributed by atoms with Crippen molar-refractivity contribution in [3.8, 4) is 0 Å². The Morgan fingerprint density at radius 1 is 1.12 bits per heavy atom. The van der Waals surface area contributed by atoms with Gasteiger partial charge in [0.15, 0.2) is 0 Å². The summed E-state index contributed by atoms with van der Waals surface area (Å²) in [6.45, 7) is 2.86. The van der Waals surface area contributed by atoms with Crippen molar-refractivity contribution in [2.24, 2.45) is 5.16 Å². The van der Waals surface area contributed by atoms with Crippen LogP contribution in [-0.2, 0) is 19.1 Å². The number of hydrogen-bond donors (Lipinski definition) is 0. The molecule has 0 bridgehead atoms. The van der Waals surface area contributed by atoms with Gasteiger partial charge in [-0.3, -0.25) is 9.63 Å². The van der Waals surface area contributed by atoms with E-state index in [-0.39, 0.29) is 0 Å². The normalized spacial score (nSPS) is 10.8. The van der Waals surface area contributed by atoms with Crippen molar-refractivity contribution >= 4 is 34.8 Å². The van der Waals surface area contributed by atoms with E-state index >= 15 is 0 Å². The molecule has 0 fully saturated rings. The Kier molecular flexibility index (Phi) is 7.19. The first-order chi connectivity index (χ1) is 11.2. The van der Waals surface area contributed by atoms with Gasteiger partial charge in [-0.25, -0.2) is 9.59 Å². The van der Waals surface area contributed by atoms with E-state index in [1.165, 1.54) is 14.1 Å². The van der Waals surface area contributed by atoms with Crippen molar-refractivity contribution in [1.82, 2.24) is 4.90 Å². The number of esters is 1. The first kappa shape index (κ1) is 19.4. The molecule has 130 valence electrons. The largest absolute Gasteiger partial charge is 0.538 e. The molecule has 0 aliphatic rings. The smallest absolute Gasteiger partial charge is 0.424 e. The van der Waals surface area contributed by atoms with Crippen LogP contribution < -0.4 is 0 Å². The number of hydrogen-bond acceptors (Lipinski definition) is 7. The third-order valence-electron chi connectivity index (χ3n) is 2.84. The van der Waals surface area contributed by atoms with Gasteiger partial charge in [0.1, 0.15) is 0 Å². The highest BCUT2D eigenvalue weighted by atomic mass is 35.5. The summed E-state index contributed by atoms with van der Waals surface area (Å²) in [6, 6.07) is 5.33. The van der Waals surface area contributed by atoms with E-state index in [9.17, 15) is 14.4 Å². The van der Waals surface area contributed by atoms with Crippen LogP contribution in [-0.4, -0.2) is 49.0 Å². The highest BCUT2D eigenvalue weighted by molar-refractivity contribution is 6.82. The van der Waals surface area contributed by atoms with Crippen LogP contribution in [0, 0.1) is 13.8 Å². The topological polar surface area (TPSA) is 94.5 Å². The number of ether oxygens (including phenoxy) is 2. The fourth-order valence-electron chi connectivity index (χ4n) is 1.67. The van der Waals surface area contributed by atoms with Crippen LogP contribution in [0.15, 0.2) is 23.4 Å². The number of halogens is 1. The standard InChI is InChI=1S/C15H17ClN2O6/c1-9-6-5-7-10(2)11(9)14(20)22-8-23-15(21)24-17-12(16)13(19)18(3)4/h5-7H,8H2,1-4H3. The van der Waals surface area contributed by atoms with E-state index in [1.54, 1.807) is 26.0 Å². The number of nitrogens with zero attached hydrogens (tertiary/aromatic N) is 2. The van der Waals surface area contributed by atoms with Crippen molar-refractivity contribution < 1.29 is 28.7 Å². The Morgan fingerprint density at radius 2 is 1.71 bits per heavy atom.